The van der Waals surface area contributed by atoms with Crippen LogP contribution in [0.2, 0.25) is 0 Å². The zero-order valence-electron chi connectivity index (χ0n) is 14.3. The molecular formula is C21H29NO. The van der Waals surface area contributed by atoms with Gasteiger partial charge in [0.2, 0.25) is 0 Å². The van der Waals surface area contributed by atoms with E-state index in [1.54, 1.807) is 0 Å². The third kappa shape index (κ3) is 4.71. The first-order valence-electron chi connectivity index (χ1n) is 9.25. The quantitative estimate of drug-likeness (QED) is 0.566. The molecule has 0 heterocycles. The van der Waals surface area contributed by atoms with E-state index in [9.17, 15) is 0 Å². The zero-order valence-corrected chi connectivity index (χ0v) is 14.3. The number of nitrogens with one attached hydrogen (secondary N) is 1. The molecule has 0 bridgehead atoms. The standard InChI is InChI=1S/C21H29NO/c1-2-13-22-16-17-9-10-19-15-21(12-11-18(19)14-17)23-20-7-5-3-4-6-8-20/h9-12,14-15,20,22H,2-8,13,16H2,1H3. The van der Waals surface area contributed by atoms with Gasteiger partial charge in [0.1, 0.15) is 5.75 Å². The summed E-state index contributed by atoms with van der Waals surface area (Å²) < 4.78 is 6.24. The van der Waals surface area contributed by atoms with Crippen LogP contribution < -0.4 is 10.1 Å². The molecule has 124 valence electrons. The normalized spacial score (nSPS) is 16.4. The Bertz CT molecular complexity index is 614. The number of benzene rings is 2. The molecule has 0 atom stereocenters. The minimum Gasteiger partial charge on any atom is -0.490 e. The summed E-state index contributed by atoms with van der Waals surface area (Å²) in [4.78, 5) is 0. The van der Waals surface area contributed by atoms with Crippen LogP contribution in [-0.4, -0.2) is 12.6 Å². The molecule has 2 nitrogen and oxygen atoms in total. The third-order valence-corrected chi connectivity index (χ3v) is 4.74. The van der Waals surface area contributed by atoms with Gasteiger partial charge in [-0.3, -0.25) is 0 Å². The smallest absolute Gasteiger partial charge is 0.120 e. The average Bonchev–Trinajstić information content (AvgIpc) is 2.84. The van der Waals surface area contributed by atoms with Crippen molar-refractivity contribution in [3.8, 4) is 5.75 Å². The lowest BCUT2D eigenvalue weighted by molar-refractivity contribution is 0.184. The topological polar surface area (TPSA) is 21.3 Å². The van der Waals surface area contributed by atoms with Gasteiger partial charge in [-0.25, -0.2) is 0 Å². The molecule has 0 saturated heterocycles. The van der Waals surface area contributed by atoms with E-state index < -0.39 is 0 Å². The maximum absolute atomic E-state index is 6.24. The first kappa shape index (κ1) is 16.3. The predicted octanol–water partition coefficient (Wildman–Crippen LogP) is 5.44. The van der Waals surface area contributed by atoms with Crippen molar-refractivity contribution in [2.75, 3.05) is 6.54 Å². The number of hydrogen-bond donors (Lipinski definition) is 1. The van der Waals surface area contributed by atoms with Gasteiger partial charge >= 0.3 is 0 Å². The highest BCUT2D eigenvalue weighted by Gasteiger charge is 2.13. The molecule has 0 unspecified atom stereocenters. The summed E-state index contributed by atoms with van der Waals surface area (Å²) in [5.74, 6) is 1.03. The minimum atomic E-state index is 0.410. The number of rotatable bonds is 6. The van der Waals surface area contributed by atoms with Gasteiger partial charge in [-0.1, -0.05) is 38.0 Å². The van der Waals surface area contributed by atoms with Crippen molar-refractivity contribution >= 4 is 10.8 Å². The molecule has 0 radical (unpaired) electrons. The Morgan fingerprint density at radius 1 is 0.957 bits per heavy atom. The second-order valence-electron chi connectivity index (χ2n) is 6.75. The predicted molar refractivity (Wildman–Crippen MR) is 98.1 cm³/mol. The van der Waals surface area contributed by atoms with Crippen molar-refractivity contribution in [3.63, 3.8) is 0 Å². The van der Waals surface area contributed by atoms with Crippen molar-refractivity contribution in [2.45, 2.75) is 64.5 Å². The fourth-order valence-electron chi connectivity index (χ4n) is 3.42. The van der Waals surface area contributed by atoms with Crippen molar-refractivity contribution in [2.24, 2.45) is 0 Å². The van der Waals surface area contributed by atoms with E-state index in [1.165, 1.54) is 61.3 Å². The van der Waals surface area contributed by atoms with Crippen LogP contribution in [0.1, 0.15) is 57.4 Å². The van der Waals surface area contributed by atoms with E-state index in [0.29, 0.717) is 6.10 Å². The number of ether oxygens (including phenoxy) is 1. The van der Waals surface area contributed by atoms with E-state index in [-0.39, 0.29) is 0 Å². The molecule has 2 aromatic carbocycles. The largest absolute Gasteiger partial charge is 0.490 e. The average molecular weight is 311 g/mol. The van der Waals surface area contributed by atoms with Crippen molar-refractivity contribution in [1.82, 2.24) is 5.32 Å². The monoisotopic (exact) mass is 311 g/mol. The molecule has 23 heavy (non-hydrogen) atoms. The summed E-state index contributed by atoms with van der Waals surface area (Å²) in [6.45, 7) is 4.22. The van der Waals surface area contributed by atoms with E-state index in [0.717, 1.165) is 18.8 Å². The fourth-order valence-corrected chi connectivity index (χ4v) is 3.42. The fraction of sp³-hybridized carbons (Fsp3) is 0.524. The molecule has 1 N–H and O–H groups in total. The van der Waals surface area contributed by atoms with Crippen LogP contribution in [0.25, 0.3) is 10.8 Å². The van der Waals surface area contributed by atoms with Crippen LogP contribution >= 0.6 is 0 Å². The van der Waals surface area contributed by atoms with Crippen molar-refractivity contribution in [3.05, 3.63) is 42.0 Å². The van der Waals surface area contributed by atoms with Crippen LogP contribution in [0.15, 0.2) is 36.4 Å². The first-order chi connectivity index (χ1) is 11.3. The van der Waals surface area contributed by atoms with Crippen LogP contribution in [0.3, 0.4) is 0 Å². The van der Waals surface area contributed by atoms with Gasteiger partial charge in [0.15, 0.2) is 0 Å². The summed E-state index contributed by atoms with van der Waals surface area (Å²) in [5.41, 5.74) is 1.35. The molecule has 1 aliphatic rings. The first-order valence-corrected chi connectivity index (χ1v) is 9.25. The van der Waals surface area contributed by atoms with E-state index >= 15 is 0 Å². The highest BCUT2D eigenvalue weighted by atomic mass is 16.5. The summed E-state index contributed by atoms with van der Waals surface area (Å²) in [7, 11) is 0. The van der Waals surface area contributed by atoms with Crippen LogP contribution in [0.5, 0.6) is 5.75 Å². The minimum absolute atomic E-state index is 0.410. The van der Waals surface area contributed by atoms with Gasteiger partial charge in [-0.15, -0.1) is 0 Å². The van der Waals surface area contributed by atoms with E-state index in [1.807, 2.05) is 0 Å². The highest BCUT2D eigenvalue weighted by Crippen LogP contribution is 2.26. The molecule has 1 saturated carbocycles. The summed E-state index contributed by atoms with van der Waals surface area (Å²) in [5, 5.41) is 6.04. The second-order valence-corrected chi connectivity index (χ2v) is 6.75. The summed E-state index contributed by atoms with van der Waals surface area (Å²) in [6, 6.07) is 13.3. The SMILES string of the molecule is CCCNCc1ccc2cc(OC3CCCCCC3)ccc2c1. The van der Waals surface area contributed by atoms with Gasteiger partial charge in [0.25, 0.3) is 0 Å². The summed E-state index contributed by atoms with van der Waals surface area (Å²) >= 11 is 0. The molecule has 2 aromatic rings. The van der Waals surface area contributed by atoms with E-state index in [4.69, 9.17) is 4.74 Å². The zero-order chi connectivity index (χ0) is 15.9. The van der Waals surface area contributed by atoms with Crippen molar-refractivity contribution in [1.29, 1.82) is 0 Å². The van der Waals surface area contributed by atoms with E-state index in [2.05, 4.69) is 48.6 Å². The Balaban J connectivity index is 1.67. The Labute approximate surface area is 140 Å². The van der Waals surface area contributed by atoms with Gasteiger partial charge in [0, 0.05) is 6.54 Å². The molecule has 2 heteroatoms. The van der Waals surface area contributed by atoms with Gasteiger partial charge in [-0.05, 0) is 73.2 Å². The Hall–Kier alpha value is -1.54. The molecule has 1 aliphatic carbocycles. The molecular weight excluding hydrogens is 282 g/mol. The lowest BCUT2D eigenvalue weighted by atomic mass is 10.1. The Kier molecular flexibility index (Phi) is 5.93. The Morgan fingerprint density at radius 2 is 1.70 bits per heavy atom. The number of hydrogen-bond acceptors (Lipinski definition) is 2. The lowest BCUT2D eigenvalue weighted by Gasteiger charge is -2.17. The lowest BCUT2D eigenvalue weighted by Crippen LogP contribution is -2.15. The number of fused-ring (bicyclic) bond motifs is 1. The highest BCUT2D eigenvalue weighted by molar-refractivity contribution is 5.84. The van der Waals surface area contributed by atoms with Crippen LogP contribution in [0.4, 0.5) is 0 Å². The molecule has 0 aromatic heterocycles. The van der Waals surface area contributed by atoms with Crippen LogP contribution in [-0.2, 0) is 6.54 Å². The Morgan fingerprint density at radius 3 is 2.48 bits per heavy atom. The second kappa shape index (κ2) is 8.35. The molecule has 1 fully saturated rings. The molecule has 0 amide bonds. The maximum Gasteiger partial charge on any atom is 0.120 e. The van der Waals surface area contributed by atoms with Crippen LogP contribution in [0, 0.1) is 0 Å². The molecule has 0 spiro atoms. The molecule has 3 rings (SSSR count). The maximum atomic E-state index is 6.24. The van der Waals surface area contributed by atoms with Crippen molar-refractivity contribution < 1.29 is 4.74 Å². The van der Waals surface area contributed by atoms with Gasteiger partial charge in [0.05, 0.1) is 6.10 Å². The summed E-state index contributed by atoms with van der Waals surface area (Å²) in [6.07, 6.45) is 9.36. The molecule has 0 aliphatic heterocycles. The third-order valence-electron chi connectivity index (χ3n) is 4.74. The van der Waals surface area contributed by atoms with Gasteiger partial charge < -0.3 is 10.1 Å². The van der Waals surface area contributed by atoms with Gasteiger partial charge in [-0.2, -0.15) is 0 Å².